The van der Waals surface area contributed by atoms with Gasteiger partial charge in [0.2, 0.25) is 11.8 Å². The summed E-state index contributed by atoms with van der Waals surface area (Å²) in [6, 6.07) is 0. The van der Waals surface area contributed by atoms with Crippen LogP contribution in [0.25, 0.3) is 0 Å². The molecular formula is C17H25F3N2O2. The van der Waals surface area contributed by atoms with Crippen LogP contribution in [0.15, 0.2) is 0 Å². The normalized spacial score (nSPS) is 25.3. The average molecular weight is 346 g/mol. The second-order valence-corrected chi connectivity index (χ2v) is 7.53. The highest BCUT2D eigenvalue weighted by atomic mass is 19.4. The standard InChI is InChI=1S/C17H25F3N2O2/c18-17(19,20)11-22(9-12-3-1-4-12)16(24)14-5-2-8-21(10-14)15(23)13-6-7-13/h12-14H,1-11H2. The maximum atomic E-state index is 12.9. The summed E-state index contributed by atoms with van der Waals surface area (Å²) in [4.78, 5) is 27.6. The molecule has 3 aliphatic rings. The zero-order valence-electron chi connectivity index (χ0n) is 13.9. The monoisotopic (exact) mass is 346 g/mol. The van der Waals surface area contributed by atoms with E-state index in [4.69, 9.17) is 0 Å². The van der Waals surface area contributed by atoms with Crippen LogP contribution < -0.4 is 0 Å². The molecule has 3 fully saturated rings. The molecule has 1 saturated heterocycles. The van der Waals surface area contributed by atoms with Crippen LogP contribution in [0.1, 0.15) is 44.9 Å². The van der Waals surface area contributed by atoms with Crippen LogP contribution in [0.3, 0.4) is 0 Å². The lowest BCUT2D eigenvalue weighted by molar-refractivity contribution is -0.167. The maximum Gasteiger partial charge on any atom is 0.406 e. The van der Waals surface area contributed by atoms with E-state index >= 15 is 0 Å². The number of piperidine rings is 1. The molecule has 0 aromatic carbocycles. The van der Waals surface area contributed by atoms with Gasteiger partial charge in [-0.2, -0.15) is 13.2 Å². The zero-order valence-corrected chi connectivity index (χ0v) is 13.9. The van der Waals surface area contributed by atoms with E-state index in [1.807, 2.05) is 0 Å². The Balaban J connectivity index is 1.62. The van der Waals surface area contributed by atoms with Crippen molar-refractivity contribution in [2.45, 2.75) is 51.1 Å². The van der Waals surface area contributed by atoms with Gasteiger partial charge in [0.15, 0.2) is 0 Å². The van der Waals surface area contributed by atoms with Gasteiger partial charge in [0.1, 0.15) is 6.54 Å². The van der Waals surface area contributed by atoms with Crippen molar-refractivity contribution >= 4 is 11.8 Å². The molecule has 0 aromatic rings. The van der Waals surface area contributed by atoms with Crippen LogP contribution in [0.4, 0.5) is 13.2 Å². The summed E-state index contributed by atoms with van der Waals surface area (Å²) in [5, 5.41) is 0. The van der Waals surface area contributed by atoms with Gasteiger partial charge in [0.25, 0.3) is 0 Å². The van der Waals surface area contributed by atoms with Crippen molar-refractivity contribution < 1.29 is 22.8 Å². The molecule has 4 nitrogen and oxygen atoms in total. The van der Waals surface area contributed by atoms with Crippen molar-refractivity contribution in [1.82, 2.24) is 9.80 Å². The first-order chi connectivity index (χ1) is 11.3. The second kappa shape index (κ2) is 6.92. The van der Waals surface area contributed by atoms with E-state index in [1.54, 1.807) is 4.90 Å². The van der Waals surface area contributed by atoms with Gasteiger partial charge in [-0.15, -0.1) is 0 Å². The van der Waals surface area contributed by atoms with Crippen LogP contribution in [-0.4, -0.2) is 54.0 Å². The van der Waals surface area contributed by atoms with E-state index in [2.05, 4.69) is 0 Å². The number of amides is 2. The predicted octanol–water partition coefficient (Wildman–Crippen LogP) is 2.83. The summed E-state index contributed by atoms with van der Waals surface area (Å²) >= 11 is 0. The Morgan fingerprint density at radius 1 is 1.00 bits per heavy atom. The fourth-order valence-corrected chi connectivity index (χ4v) is 3.66. The minimum Gasteiger partial charge on any atom is -0.342 e. The molecule has 1 aliphatic heterocycles. The molecule has 24 heavy (non-hydrogen) atoms. The number of likely N-dealkylation sites (tertiary alicyclic amines) is 1. The van der Waals surface area contributed by atoms with E-state index in [0.717, 1.165) is 37.0 Å². The molecule has 0 N–H and O–H groups in total. The number of halogens is 3. The van der Waals surface area contributed by atoms with Gasteiger partial charge in [-0.3, -0.25) is 9.59 Å². The lowest BCUT2D eigenvalue weighted by Gasteiger charge is -2.38. The number of hydrogen-bond donors (Lipinski definition) is 0. The first-order valence-electron chi connectivity index (χ1n) is 8.98. The number of nitrogens with zero attached hydrogens (tertiary/aromatic N) is 2. The summed E-state index contributed by atoms with van der Waals surface area (Å²) in [5.41, 5.74) is 0. The lowest BCUT2D eigenvalue weighted by atomic mass is 9.84. The average Bonchev–Trinajstić information content (AvgIpc) is 3.32. The number of alkyl halides is 3. The zero-order chi connectivity index (χ0) is 17.3. The Hall–Kier alpha value is -1.27. The third-order valence-corrected chi connectivity index (χ3v) is 5.39. The van der Waals surface area contributed by atoms with E-state index in [1.165, 1.54) is 0 Å². The summed E-state index contributed by atoms with van der Waals surface area (Å²) in [6.45, 7) is -0.0605. The number of rotatable bonds is 5. The van der Waals surface area contributed by atoms with Gasteiger partial charge in [0.05, 0.1) is 5.92 Å². The third kappa shape index (κ3) is 4.42. The highest BCUT2D eigenvalue weighted by Gasteiger charge is 2.40. The minimum absolute atomic E-state index is 0.0777. The number of carbonyl (C=O) groups is 2. The lowest BCUT2D eigenvalue weighted by Crippen LogP contribution is -2.50. The van der Waals surface area contributed by atoms with E-state index < -0.39 is 24.5 Å². The summed E-state index contributed by atoms with van der Waals surface area (Å²) in [6.07, 6.45) is 1.52. The van der Waals surface area contributed by atoms with Crippen LogP contribution in [-0.2, 0) is 9.59 Å². The molecule has 136 valence electrons. The molecule has 3 rings (SSSR count). The Morgan fingerprint density at radius 2 is 1.71 bits per heavy atom. The summed E-state index contributed by atoms with van der Waals surface area (Å²) in [5.74, 6) is -0.547. The number of hydrogen-bond acceptors (Lipinski definition) is 2. The molecule has 0 spiro atoms. The van der Waals surface area contributed by atoms with Gasteiger partial charge < -0.3 is 9.80 Å². The predicted molar refractivity (Wildman–Crippen MR) is 82.0 cm³/mol. The Labute approximate surface area is 140 Å². The molecule has 1 unspecified atom stereocenters. The molecule has 0 radical (unpaired) electrons. The van der Waals surface area contributed by atoms with E-state index in [9.17, 15) is 22.8 Å². The largest absolute Gasteiger partial charge is 0.406 e. The molecule has 1 heterocycles. The SMILES string of the molecule is O=C(C1CC1)N1CCCC(C(=O)N(CC2CCC2)CC(F)(F)F)C1. The van der Waals surface area contributed by atoms with Gasteiger partial charge in [-0.1, -0.05) is 6.42 Å². The number of carbonyl (C=O) groups excluding carboxylic acids is 2. The van der Waals surface area contributed by atoms with Crippen molar-refractivity contribution in [3.63, 3.8) is 0 Å². The quantitative estimate of drug-likeness (QED) is 0.768. The van der Waals surface area contributed by atoms with Crippen molar-refractivity contribution in [3.8, 4) is 0 Å². The van der Waals surface area contributed by atoms with E-state index in [-0.39, 0.29) is 30.8 Å². The van der Waals surface area contributed by atoms with Crippen LogP contribution in [0.2, 0.25) is 0 Å². The van der Waals surface area contributed by atoms with Crippen LogP contribution in [0, 0.1) is 17.8 Å². The fourth-order valence-electron chi connectivity index (χ4n) is 3.66. The molecule has 7 heteroatoms. The van der Waals surface area contributed by atoms with Crippen molar-refractivity contribution in [2.24, 2.45) is 17.8 Å². The fraction of sp³-hybridized carbons (Fsp3) is 0.882. The van der Waals surface area contributed by atoms with Crippen molar-refractivity contribution in [3.05, 3.63) is 0 Å². The molecular weight excluding hydrogens is 321 g/mol. The Kier molecular flexibility index (Phi) is 5.06. The Morgan fingerprint density at radius 3 is 2.25 bits per heavy atom. The second-order valence-electron chi connectivity index (χ2n) is 7.53. The first-order valence-corrected chi connectivity index (χ1v) is 8.98. The smallest absolute Gasteiger partial charge is 0.342 e. The van der Waals surface area contributed by atoms with Gasteiger partial charge >= 0.3 is 6.18 Å². The summed E-state index contributed by atoms with van der Waals surface area (Å²) < 4.78 is 38.6. The molecule has 1 atom stereocenters. The van der Waals surface area contributed by atoms with Gasteiger partial charge in [-0.25, -0.2) is 0 Å². The van der Waals surface area contributed by atoms with Crippen molar-refractivity contribution in [1.29, 1.82) is 0 Å². The molecule has 2 aliphatic carbocycles. The summed E-state index contributed by atoms with van der Waals surface area (Å²) in [7, 11) is 0. The van der Waals surface area contributed by atoms with Crippen LogP contribution >= 0.6 is 0 Å². The third-order valence-electron chi connectivity index (χ3n) is 5.39. The van der Waals surface area contributed by atoms with Crippen molar-refractivity contribution in [2.75, 3.05) is 26.2 Å². The topological polar surface area (TPSA) is 40.6 Å². The molecule has 2 amide bonds. The van der Waals surface area contributed by atoms with Crippen LogP contribution in [0.5, 0.6) is 0 Å². The molecule has 2 saturated carbocycles. The Bertz CT molecular complexity index is 487. The van der Waals surface area contributed by atoms with Gasteiger partial charge in [0, 0.05) is 25.6 Å². The minimum atomic E-state index is -4.38. The van der Waals surface area contributed by atoms with Gasteiger partial charge in [-0.05, 0) is 44.4 Å². The highest BCUT2D eigenvalue weighted by Crippen LogP contribution is 2.33. The first kappa shape index (κ1) is 17.5. The maximum absolute atomic E-state index is 12.9. The highest BCUT2D eigenvalue weighted by molar-refractivity contribution is 5.83. The van der Waals surface area contributed by atoms with E-state index in [0.29, 0.717) is 19.4 Å². The molecule has 0 bridgehead atoms. The molecule has 0 aromatic heterocycles.